The van der Waals surface area contributed by atoms with Gasteiger partial charge in [-0.25, -0.2) is 4.98 Å². The monoisotopic (exact) mass is 251 g/mol. The number of aromatic nitrogens is 2. The van der Waals surface area contributed by atoms with Crippen molar-refractivity contribution >= 4 is 22.9 Å². The van der Waals surface area contributed by atoms with Gasteiger partial charge in [-0.05, 0) is 25.0 Å². The Balaban J connectivity index is 2.05. The lowest BCUT2D eigenvalue weighted by Crippen LogP contribution is -2.39. The number of hydrogen-bond donors (Lipinski definition) is 1. The summed E-state index contributed by atoms with van der Waals surface area (Å²) in [6.07, 6.45) is 5.18. The number of β-amino-alcohol motifs (C(OH)–C–C–N with tert-alkyl or cyclic N) is 1. The van der Waals surface area contributed by atoms with E-state index < -0.39 is 0 Å². The van der Waals surface area contributed by atoms with E-state index >= 15 is 0 Å². The van der Waals surface area contributed by atoms with Gasteiger partial charge >= 0.3 is 0 Å². The zero-order valence-corrected chi connectivity index (χ0v) is 10.1. The molecule has 1 N–H and O–H groups in total. The molecule has 1 atom stereocenters. The van der Waals surface area contributed by atoms with E-state index in [1.165, 1.54) is 0 Å². The number of rotatable bonds is 1. The number of aliphatic hydroxyl groups is 1. The second kappa shape index (κ2) is 4.20. The molecule has 1 aliphatic rings. The van der Waals surface area contributed by atoms with Crippen molar-refractivity contribution in [2.75, 3.05) is 18.0 Å². The van der Waals surface area contributed by atoms with Crippen LogP contribution >= 0.6 is 11.6 Å². The average Bonchev–Trinajstić information content (AvgIpc) is 2.79. The summed E-state index contributed by atoms with van der Waals surface area (Å²) < 4.78 is 1.97. The first-order valence-corrected chi connectivity index (χ1v) is 6.17. The zero-order chi connectivity index (χ0) is 11.8. The van der Waals surface area contributed by atoms with Gasteiger partial charge in [-0.1, -0.05) is 11.6 Å². The maximum Gasteiger partial charge on any atom is 0.114 e. The standard InChI is InChI=1S/C12H14ClN3O/c13-10-3-4-12(16-8-14-6-11(10)16)15-5-1-2-9(17)7-15/h3-4,6,8-9,17H,1-2,5,7H2/t9-/m0/s1. The van der Waals surface area contributed by atoms with Crippen LogP contribution in [0, 0.1) is 0 Å². The number of nitrogens with zero attached hydrogens (tertiary/aromatic N) is 3. The molecule has 0 aromatic carbocycles. The first kappa shape index (κ1) is 10.9. The zero-order valence-electron chi connectivity index (χ0n) is 9.38. The largest absolute Gasteiger partial charge is 0.391 e. The molecule has 2 aromatic rings. The highest BCUT2D eigenvalue weighted by Gasteiger charge is 2.20. The normalized spacial score (nSPS) is 21.1. The van der Waals surface area contributed by atoms with E-state index in [9.17, 15) is 5.11 Å². The Morgan fingerprint density at radius 3 is 3.12 bits per heavy atom. The molecule has 17 heavy (non-hydrogen) atoms. The SMILES string of the molecule is O[C@H]1CCCN(c2ccc(Cl)c3cncn23)C1. The number of pyridine rings is 1. The molecule has 3 rings (SSSR count). The second-order valence-corrected chi connectivity index (χ2v) is 4.84. The van der Waals surface area contributed by atoms with Crippen molar-refractivity contribution in [2.45, 2.75) is 18.9 Å². The van der Waals surface area contributed by atoms with Crippen LogP contribution in [-0.4, -0.2) is 33.7 Å². The van der Waals surface area contributed by atoms with Gasteiger partial charge in [0.25, 0.3) is 0 Å². The van der Waals surface area contributed by atoms with Crippen molar-refractivity contribution in [1.29, 1.82) is 0 Å². The van der Waals surface area contributed by atoms with E-state index in [0.29, 0.717) is 11.6 Å². The van der Waals surface area contributed by atoms with Crippen LogP contribution in [-0.2, 0) is 0 Å². The van der Waals surface area contributed by atoms with Gasteiger partial charge in [0.05, 0.1) is 22.8 Å². The van der Waals surface area contributed by atoms with Gasteiger partial charge in [0.1, 0.15) is 12.1 Å². The molecule has 0 amide bonds. The lowest BCUT2D eigenvalue weighted by molar-refractivity contribution is 0.154. The van der Waals surface area contributed by atoms with Crippen LogP contribution < -0.4 is 4.90 Å². The molecule has 90 valence electrons. The molecule has 0 bridgehead atoms. The summed E-state index contributed by atoms with van der Waals surface area (Å²) in [5.41, 5.74) is 0.907. The Hall–Kier alpha value is -1.26. The summed E-state index contributed by atoms with van der Waals surface area (Å²) in [4.78, 5) is 6.31. The first-order chi connectivity index (χ1) is 8.25. The number of halogens is 1. The lowest BCUT2D eigenvalue weighted by Gasteiger charge is -2.32. The quantitative estimate of drug-likeness (QED) is 0.842. The molecule has 0 aliphatic carbocycles. The summed E-state index contributed by atoms with van der Waals surface area (Å²) in [6, 6.07) is 3.87. The smallest absolute Gasteiger partial charge is 0.114 e. The third-order valence-electron chi connectivity index (χ3n) is 3.23. The minimum Gasteiger partial charge on any atom is -0.391 e. The van der Waals surface area contributed by atoms with Gasteiger partial charge in [0, 0.05) is 13.1 Å². The van der Waals surface area contributed by atoms with E-state index in [1.54, 1.807) is 12.5 Å². The Kier molecular flexibility index (Phi) is 2.68. The molecule has 0 spiro atoms. The third-order valence-corrected chi connectivity index (χ3v) is 3.55. The van der Waals surface area contributed by atoms with E-state index in [-0.39, 0.29) is 6.10 Å². The van der Waals surface area contributed by atoms with E-state index in [1.807, 2.05) is 16.5 Å². The van der Waals surface area contributed by atoms with Crippen molar-refractivity contribution in [1.82, 2.24) is 9.38 Å². The van der Waals surface area contributed by atoms with Gasteiger partial charge in [0.2, 0.25) is 0 Å². The Labute approximate surface area is 104 Å². The summed E-state index contributed by atoms with van der Waals surface area (Å²) in [5.74, 6) is 1.04. The van der Waals surface area contributed by atoms with Crippen LogP contribution in [0.2, 0.25) is 5.02 Å². The van der Waals surface area contributed by atoms with E-state index in [2.05, 4.69) is 9.88 Å². The molecule has 1 aliphatic heterocycles. The predicted octanol–water partition coefficient (Wildman–Crippen LogP) is 1.95. The number of imidazole rings is 1. The van der Waals surface area contributed by atoms with Gasteiger partial charge in [-0.15, -0.1) is 0 Å². The van der Waals surface area contributed by atoms with Crippen LogP contribution in [0.25, 0.3) is 5.52 Å². The van der Waals surface area contributed by atoms with Crippen molar-refractivity contribution < 1.29 is 5.11 Å². The lowest BCUT2D eigenvalue weighted by atomic mass is 10.1. The summed E-state index contributed by atoms with van der Waals surface area (Å²) >= 11 is 6.11. The first-order valence-electron chi connectivity index (χ1n) is 5.79. The van der Waals surface area contributed by atoms with Gasteiger partial charge in [-0.2, -0.15) is 0 Å². The highest BCUT2D eigenvalue weighted by atomic mass is 35.5. The molecule has 3 heterocycles. The number of hydrogen-bond acceptors (Lipinski definition) is 3. The molecule has 0 saturated carbocycles. The van der Waals surface area contributed by atoms with Gasteiger partial charge in [-0.3, -0.25) is 4.40 Å². The number of fused-ring (bicyclic) bond motifs is 1. The third kappa shape index (κ3) is 1.87. The van der Waals surface area contributed by atoms with Crippen molar-refractivity contribution in [3.63, 3.8) is 0 Å². The van der Waals surface area contributed by atoms with Crippen LogP contribution in [0.3, 0.4) is 0 Å². The van der Waals surface area contributed by atoms with Crippen molar-refractivity contribution in [2.24, 2.45) is 0 Å². The molecule has 0 unspecified atom stereocenters. The predicted molar refractivity (Wildman–Crippen MR) is 67.7 cm³/mol. The molecular formula is C12H14ClN3O. The van der Waals surface area contributed by atoms with Crippen molar-refractivity contribution in [3.8, 4) is 0 Å². The highest BCUT2D eigenvalue weighted by molar-refractivity contribution is 6.33. The summed E-state index contributed by atoms with van der Waals surface area (Å²) in [7, 11) is 0. The molecule has 1 saturated heterocycles. The molecule has 1 fully saturated rings. The van der Waals surface area contributed by atoms with E-state index in [0.717, 1.165) is 30.7 Å². The fourth-order valence-corrected chi connectivity index (χ4v) is 2.59. The maximum absolute atomic E-state index is 9.73. The maximum atomic E-state index is 9.73. The Bertz CT molecular complexity index is 540. The highest BCUT2D eigenvalue weighted by Crippen LogP contribution is 2.25. The number of aliphatic hydroxyl groups excluding tert-OH is 1. The van der Waals surface area contributed by atoms with Gasteiger partial charge in [0.15, 0.2) is 0 Å². The minimum atomic E-state index is -0.238. The molecular weight excluding hydrogens is 238 g/mol. The minimum absolute atomic E-state index is 0.238. The second-order valence-electron chi connectivity index (χ2n) is 4.43. The molecule has 2 aromatic heterocycles. The topological polar surface area (TPSA) is 40.8 Å². The fraction of sp³-hybridized carbons (Fsp3) is 0.417. The van der Waals surface area contributed by atoms with E-state index in [4.69, 9.17) is 11.6 Å². The molecule has 4 nitrogen and oxygen atoms in total. The Morgan fingerprint density at radius 1 is 1.41 bits per heavy atom. The summed E-state index contributed by atoms with van der Waals surface area (Å²) in [6.45, 7) is 1.64. The van der Waals surface area contributed by atoms with Crippen molar-refractivity contribution in [3.05, 3.63) is 29.7 Å². The van der Waals surface area contributed by atoms with Crippen LogP contribution in [0.4, 0.5) is 5.82 Å². The van der Waals surface area contributed by atoms with Crippen LogP contribution in [0.5, 0.6) is 0 Å². The molecule has 5 heteroatoms. The summed E-state index contributed by atoms with van der Waals surface area (Å²) in [5, 5.41) is 10.4. The van der Waals surface area contributed by atoms with Gasteiger partial charge < -0.3 is 10.0 Å². The fourth-order valence-electron chi connectivity index (χ4n) is 2.39. The van der Waals surface area contributed by atoms with Crippen LogP contribution in [0.1, 0.15) is 12.8 Å². The molecule has 0 radical (unpaired) electrons. The Morgan fingerprint density at radius 2 is 2.29 bits per heavy atom. The number of anilines is 1. The van der Waals surface area contributed by atoms with Crippen LogP contribution in [0.15, 0.2) is 24.7 Å². The number of piperidine rings is 1. The average molecular weight is 252 g/mol.